The fraction of sp³-hybridized carbons (Fsp3) is 0.273. The lowest BCUT2D eigenvalue weighted by Crippen LogP contribution is -2.29. The molecule has 0 atom stereocenters. The number of carboxylic acids is 1. The number of nitrogens with one attached hydrogen (secondary N) is 1. The van der Waals surface area contributed by atoms with E-state index in [0.29, 0.717) is 15.6 Å². The fourth-order valence-electron chi connectivity index (χ4n) is 1.05. The Bertz CT molecular complexity index is 486. The lowest BCUT2D eigenvalue weighted by molar-refractivity contribution is -0.140. The maximum Gasteiger partial charge on any atom is 0.488 e. The number of nitrogen functional groups attached to an aromatic ring is 1. The van der Waals surface area contributed by atoms with Crippen molar-refractivity contribution < 1.29 is 29.5 Å². The smallest absolute Gasteiger partial charge is 0.480 e. The molecule has 0 aliphatic rings. The van der Waals surface area contributed by atoms with Crippen molar-refractivity contribution in [2.75, 3.05) is 25.9 Å². The van der Waals surface area contributed by atoms with Gasteiger partial charge in [-0.05, 0) is 33.5 Å². The number of hydrogen-bond donors (Lipinski definition) is 5. The summed E-state index contributed by atoms with van der Waals surface area (Å²) in [5.74, 6) is -1.47. The van der Waals surface area contributed by atoms with Crippen LogP contribution in [-0.2, 0) is 14.3 Å². The van der Waals surface area contributed by atoms with Crippen LogP contribution in [-0.4, -0.2) is 54.4 Å². The summed E-state index contributed by atoms with van der Waals surface area (Å²) in [5, 5.41) is 27.9. The van der Waals surface area contributed by atoms with Crippen LogP contribution in [0, 0.1) is 0 Å². The zero-order chi connectivity index (χ0) is 16.4. The van der Waals surface area contributed by atoms with Crippen molar-refractivity contribution in [3.05, 3.63) is 22.7 Å². The van der Waals surface area contributed by atoms with Gasteiger partial charge in [-0.2, -0.15) is 0 Å². The first-order chi connectivity index (χ1) is 9.77. The van der Waals surface area contributed by atoms with E-state index in [-0.39, 0.29) is 13.1 Å². The molecule has 10 heteroatoms. The number of anilines is 1. The van der Waals surface area contributed by atoms with Gasteiger partial charge in [-0.1, -0.05) is 6.07 Å². The molecule has 0 fully saturated rings. The molecule has 0 unspecified atom stereocenters. The molecule has 1 aromatic carbocycles. The number of carbonyl (C=O) groups is 2. The summed E-state index contributed by atoms with van der Waals surface area (Å²) in [4.78, 5) is 20.2. The highest BCUT2D eigenvalue weighted by molar-refractivity contribution is 9.10. The molecule has 116 valence electrons. The summed E-state index contributed by atoms with van der Waals surface area (Å²) in [7, 11) is -0.197. The molecule has 1 aromatic rings. The molecule has 8 nitrogen and oxygen atoms in total. The Hall–Kier alpha value is -1.62. The second-order valence-electron chi connectivity index (χ2n) is 3.73. The van der Waals surface area contributed by atoms with Crippen LogP contribution in [0.1, 0.15) is 0 Å². The topological polar surface area (TPSA) is 142 Å². The van der Waals surface area contributed by atoms with Gasteiger partial charge in [-0.15, -0.1) is 0 Å². The Kier molecular flexibility index (Phi) is 9.38. The number of esters is 1. The van der Waals surface area contributed by atoms with E-state index < -0.39 is 19.1 Å². The van der Waals surface area contributed by atoms with Crippen LogP contribution >= 0.6 is 15.9 Å². The van der Waals surface area contributed by atoms with E-state index >= 15 is 0 Å². The number of nitrogens with two attached hydrogens (primary N) is 1. The van der Waals surface area contributed by atoms with Crippen LogP contribution in [0.5, 0.6) is 0 Å². The van der Waals surface area contributed by atoms with E-state index in [1.54, 1.807) is 18.2 Å². The molecule has 6 N–H and O–H groups in total. The molecule has 21 heavy (non-hydrogen) atoms. The van der Waals surface area contributed by atoms with Crippen LogP contribution in [0.25, 0.3) is 0 Å². The van der Waals surface area contributed by atoms with Gasteiger partial charge < -0.3 is 25.6 Å². The Morgan fingerprint density at radius 1 is 1.38 bits per heavy atom. The van der Waals surface area contributed by atoms with Crippen molar-refractivity contribution in [3.63, 3.8) is 0 Å². The third kappa shape index (κ3) is 9.03. The predicted octanol–water partition coefficient (Wildman–Crippen LogP) is -1.46. The van der Waals surface area contributed by atoms with Crippen LogP contribution in [0.4, 0.5) is 5.69 Å². The molecule has 0 aliphatic carbocycles. The zero-order valence-electron chi connectivity index (χ0n) is 11.2. The number of methoxy groups -OCH3 is 1. The Labute approximate surface area is 130 Å². The number of carbonyl (C=O) groups excluding carboxylic acids is 1. The van der Waals surface area contributed by atoms with Crippen molar-refractivity contribution in [1.82, 2.24) is 5.32 Å². The summed E-state index contributed by atoms with van der Waals surface area (Å²) < 4.78 is 4.91. The number of halogens is 1. The first kappa shape index (κ1) is 19.4. The van der Waals surface area contributed by atoms with Gasteiger partial charge in [0.05, 0.1) is 20.2 Å². The molecule has 0 amide bonds. The van der Waals surface area contributed by atoms with E-state index in [1.165, 1.54) is 7.11 Å². The van der Waals surface area contributed by atoms with Gasteiger partial charge in [-0.25, -0.2) is 0 Å². The van der Waals surface area contributed by atoms with Gasteiger partial charge in [-0.3, -0.25) is 14.9 Å². The monoisotopic (exact) mass is 362 g/mol. The van der Waals surface area contributed by atoms with Gasteiger partial charge in [0.1, 0.15) is 0 Å². The highest BCUT2D eigenvalue weighted by Crippen LogP contribution is 2.16. The van der Waals surface area contributed by atoms with Gasteiger partial charge in [0.25, 0.3) is 0 Å². The fourth-order valence-corrected chi connectivity index (χ4v) is 1.44. The number of benzene rings is 1. The number of hydrogen-bond acceptors (Lipinski definition) is 7. The summed E-state index contributed by atoms with van der Waals surface area (Å²) >= 11 is 3.17. The first-order valence-corrected chi connectivity index (χ1v) is 6.47. The highest BCUT2D eigenvalue weighted by Gasteiger charge is 2.11. The minimum Gasteiger partial charge on any atom is -0.480 e. The van der Waals surface area contributed by atoms with Gasteiger partial charge >= 0.3 is 19.1 Å². The third-order valence-corrected chi connectivity index (χ3v) is 2.78. The standard InChI is InChI=1S/C6H7BBrNO2.C5H9NO4/c8-5-3-4(7(10)11)1-2-6(5)9;1-10-5(9)3-6-2-4(7)8/h1-3,10-11H,9H2;6H,2-3H2,1H3,(H,7,8). The van der Waals surface area contributed by atoms with E-state index in [2.05, 4.69) is 26.0 Å². The second kappa shape index (κ2) is 10.2. The molecule has 0 radical (unpaired) electrons. The lowest BCUT2D eigenvalue weighted by Gasteiger charge is -2.01. The quantitative estimate of drug-likeness (QED) is 0.243. The van der Waals surface area contributed by atoms with Crippen molar-refractivity contribution in [1.29, 1.82) is 0 Å². The molecule has 1 rings (SSSR count). The van der Waals surface area contributed by atoms with E-state index in [0.717, 1.165) is 0 Å². The van der Waals surface area contributed by atoms with Crippen molar-refractivity contribution >= 4 is 46.1 Å². The van der Waals surface area contributed by atoms with Gasteiger partial charge in [0.15, 0.2) is 0 Å². The minimum absolute atomic E-state index is 0.0667. The highest BCUT2D eigenvalue weighted by atomic mass is 79.9. The third-order valence-electron chi connectivity index (χ3n) is 2.10. The average molecular weight is 363 g/mol. The van der Waals surface area contributed by atoms with Gasteiger partial charge in [0, 0.05) is 10.2 Å². The summed E-state index contributed by atoms with van der Waals surface area (Å²) in [6.07, 6.45) is 0. The number of ether oxygens (including phenoxy) is 1. The van der Waals surface area contributed by atoms with Crippen LogP contribution in [0.15, 0.2) is 22.7 Å². The summed E-state index contributed by atoms with van der Waals surface area (Å²) in [6.45, 7) is -0.294. The molecular weight excluding hydrogens is 347 g/mol. The van der Waals surface area contributed by atoms with Crippen molar-refractivity contribution in [3.8, 4) is 0 Å². The maximum atomic E-state index is 10.3. The molecule has 0 spiro atoms. The lowest BCUT2D eigenvalue weighted by atomic mass is 9.80. The zero-order valence-corrected chi connectivity index (χ0v) is 12.8. The maximum absolute atomic E-state index is 10.3. The largest absolute Gasteiger partial charge is 0.488 e. The van der Waals surface area contributed by atoms with Crippen molar-refractivity contribution in [2.45, 2.75) is 0 Å². The van der Waals surface area contributed by atoms with Crippen molar-refractivity contribution in [2.24, 2.45) is 0 Å². The minimum atomic E-state index is -1.44. The normalized spacial score (nSPS) is 9.33. The van der Waals surface area contributed by atoms with Crippen LogP contribution in [0.2, 0.25) is 0 Å². The number of rotatable bonds is 5. The van der Waals surface area contributed by atoms with Gasteiger partial charge in [0.2, 0.25) is 0 Å². The Morgan fingerprint density at radius 3 is 2.43 bits per heavy atom. The number of aliphatic carboxylic acids is 1. The second-order valence-corrected chi connectivity index (χ2v) is 4.58. The molecule has 0 heterocycles. The Balaban J connectivity index is 0.000000384. The molecular formula is C11H16BBrN2O6. The SMILES string of the molecule is COC(=O)CNCC(=O)O.Nc1ccc(B(O)O)cc1Br. The van der Waals surface area contributed by atoms with Crippen LogP contribution < -0.4 is 16.5 Å². The molecule has 0 aromatic heterocycles. The molecule has 0 aliphatic heterocycles. The molecule has 0 bridgehead atoms. The average Bonchev–Trinajstić information content (AvgIpc) is 2.41. The summed E-state index contributed by atoms with van der Waals surface area (Å²) in [5.41, 5.74) is 6.48. The summed E-state index contributed by atoms with van der Waals surface area (Å²) in [6, 6.07) is 4.74. The van der Waals surface area contributed by atoms with Crippen LogP contribution in [0.3, 0.4) is 0 Å². The molecule has 0 saturated carbocycles. The first-order valence-electron chi connectivity index (χ1n) is 5.68. The van der Waals surface area contributed by atoms with E-state index in [1.807, 2.05) is 0 Å². The van der Waals surface area contributed by atoms with E-state index in [9.17, 15) is 9.59 Å². The molecule has 0 saturated heterocycles. The number of carboxylic acid groups (broad SMARTS) is 1. The predicted molar refractivity (Wildman–Crippen MR) is 80.9 cm³/mol. The Morgan fingerprint density at radius 2 is 2.00 bits per heavy atom. The van der Waals surface area contributed by atoms with E-state index in [4.69, 9.17) is 20.9 Å².